The Balaban J connectivity index is 1.71. The maximum atomic E-state index is 9.68. The molecule has 1 aliphatic heterocycles. The van der Waals surface area contributed by atoms with Crippen LogP contribution in [0.15, 0.2) is 24.3 Å². The number of hydrogen-bond acceptors (Lipinski definition) is 6. The summed E-state index contributed by atoms with van der Waals surface area (Å²) in [7, 11) is 0. The Hall–Kier alpha value is -3.12. The first-order valence-corrected chi connectivity index (χ1v) is 9.40. The SMILES string of the molecule is CCc1nnc(N2CCC(Oc3cccc(C#N)c3)CC2)c(C#N)c1CC. The van der Waals surface area contributed by atoms with Crippen LogP contribution < -0.4 is 9.64 Å². The van der Waals surface area contributed by atoms with Crippen molar-refractivity contribution in [3.05, 3.63) is 46.6 Å². The molecule has 0 bridgehead atoms. The molecule has 2 heterocycles. The van der Waals surface area contributed by atoms with Crippen LogP contribution in [-0.4, -0.2) is 29.4 Å². The van der Waals surface area contributed by atoms with Crippen LogP contribution in [0.4, 0.5) is 5.82 Å². The minimum Gasteiger partial charge on any atom is -0.490 e. The van der Waals surface area contributed by atoms with Crippen molar-refractivity contribution in [3.63, 3.8) is 0 Å². The van der Waals surface area contributed by atoms with E-state index in [1.165, 1.54) is 0 Å². The highest BCUT2D eigenvalue weighted by molar-refractivity contribution is 5.58. The molecule has 0 N–H and O–H groups in total. The quantitative estimate of drug-likeness (QED) is 0.811. The summed E-state index contributed by atoms with van der Waals surface area (Å²) < 4.78 is 6.04. The van der Waals surface area contributed by atoms with Gasteiger partial charge in [0.1, 0.15) is 23.5 Å². The molecule has 0 spiro atoms. The molecule has 27 heavy (non-hydrogen) atoms. The van der Waals surface area contributed by atoms with Gasteiger partial charge >= 0.3 is 0 Å². The first-order chi connectivity index (χ1) is 13.2. The van der Waals surface area contributed by atoms with E-state index in [1.54, 1.807) is 12.1 Å². The van der Waals surface area contributed by atoms with E-state index >= 15 is 0 Å². The lowest BCUT2D eigenvalue weighted by atomic mass is 10.0. The van der Waals surface area contributed by atoms with Crippen molar-refractivity contribution < 1.29 is 4.74 Å². The van der Waals surface area contributed by atoms with Crippen molar-refractivity contribution in [3.8, 4) is 17.9 Å². The maximum Gasteiger partial charge on any atom is 0.169 e. The second kappa shape index (κ2) is 8.51. The molecular weight excluding hydrogens is 338 g/mol. The van der Waals surface area contributed by atoms with E-state index in [4.69, 9.17) is 10.00 Å². The minimum absolute atomic E-state index is 0.0919. The van der Waals surface area contributed by atoms with E-state index in [9.17, 15) is 5.26 Å². The molecule has 0 amide bonds. The lowest BCUT2D eigenvalue weighted by Crippen LogP contribution is -2.39. The average molecular weight is 361 g/mol. The fourth-order valence-electron chi connectivity index (χ4n) is 3.52. The lowest BCUT2D eigenvalue weighted by molar-refractivity contribution is 0.170. The van der Waals surface area contributed by atoms with Crippen molar-refractivity contribution in [2.24, 2.45) is 0 Å². The predicted octanol–water partition coefficient (Wildman–Crippen LogP) is 3.39. The van der Waals surface area contributed by atoms with E-state index in [2.05, 4.69) is 34.2 Å². The molecule has 1 fully saturated rings. The zero-order valence-electron chi connectivity index (χ0n) is 15.8. The first-order valence-electron chi connectivity index (χ1n) is 9.40. The van der Waals surface area contributed by atoms with Gasteiger partial charge < -0.3 is 9.64 Å². The van der Waals surface area contributed by atoms with E-state index in [-0.39, 0.29) is 6.10 Å². The standard InChI is InChI=1S/C21H23N5O/c1-3-18-19(14-23)21(25-24-20(18)4-2)26-10-8-16(9-11-26)27-17-7-5-6-15(12-17)13-22/h5-7,12,16H,3-4,8-11H2,1-2H3. The molecule has 3 rings (SSSR count). The Kier molecular flexibility index (Phi) is 5.88. The molecule has 138 valence electrons. The fourth-order valence-corrected chi connectivity index (χ4v) is 3.52. The summed E-state index contributed by atoms with van der Waals surface area (Å²) in [6.07, 6.45) is 3.32. The molecule has 0 atom stereocenters. The second-order valence-electron chi connectivity index (χ2n) is 6.59. The van der Waals surface area contributed by atoms with Crippen molar-refractivity contribution >= 4 is 5.82 Å². The largest absolute Gasteiger partial charge is 0.490 e. The van der Waals surface area contributed by atoms with Gasteiger partial charge in [-0.1, -0.05) is 19.9 Å². The van der Waals surface area contributed by atoms with E-state index in [0.717, 1.165) is 55.8 Å². The molecule has 6 nitrogen and oxygen atoms in total. The molecule has 1 saturated heterocycles. The van der Waals surface area contributed by atoms with Crippen LogP contribution in [0.25, 0.3) is 0 Å². The van der Waals surface area contributed by atoms with Crippen molar-refractivity contribution in [2.75, 3.05) is 18.0 Å². The van der Waals surface area contributed by atoms with Gasteiger partial charge in [0.25, 0.3) is 0 Å². The smallest absolute Gasteiger partial charge is 0.169 e. The normalized spacial score (nSPS) is 14.4. The molecule has 0 unspecified atom stereocenters. The summed E-state index contributed by atoms with van der Waals surface area (Å²) in [5.74, 6) is 1.42. The average Bonchev–Trinajstić information content (AvgIpc) is 2.73. The Morgan fingerprint density at radius 1 is 1.11 bits per heavy atom. The molecule has 1 aromatic heterocycles. The number of rotatable bonds is 5. The second-order valence-corrected chi connectivity index (χ2v) is 6.59. The van der Waals surface area contributed by atoms with Crippen LogP contribution in [0.1, 0.15) is 49.1 Å². The molecule has 1 aromatic carbocycles. The Labute approximate surface area is 160 Å². The highest BCUT2D eigenvalue weighted by atomic mass is 16.5. The topological polar surface area (TPSA) is 85.8 Å². The van der Waals surface area contributed by atoms with Crippen LogP contribution in [-0.2, 0) is 12.8 Å². The third-order valence-electron chi connectivity index (χ3n) is 4.95. The van der Waals surface area contributed by atoms with Crippen LogP contribution in [0.3, 0.4) is 0 Å². The number of benzene rings is 1. The first kappa shape index (κ1) is 18.7. The van der Waals surface area contributed by atoms with Gasteiger partial charge in [-0.3, -0.25) is 0 Å². The van der Waals surface area contributed by atoms with Crippen LogP contribution in [0.2, 0.25) is 0 Å². The molecular formula is C21H23N5O. The molecule has 6 heteroatoms. The van der Waals surface area contributed by atoms with Gasteiger partial charge in [0.15, 0.2) is 5.82 Å². The highest BCUT2D eigenvalue weighted by Gasteiger charge is 2.25. The number of ether oxygens (including phenoxy) is 1. The molecule has 0 aliphatic carbocycles. The summed E-state index contributed by atoms with van der Waals surface area (Å²) in [5, 5.41) is 27.4. The molecule has 0 radical (unpaired) electrons. The molecule has 1 aliphatic rings. The number of aromatic nitrogens is 2. The summed E-state index contributed by atoms with van der Waals surface area (Å²) in [6.45, 7) is 5.62. The lowest BCUT2D eigenvalue weighted by Gasteiger charge is -2.33. The van der Waals surface area contributed by atoms with Crippen LogP contribution in [0.5, 0.6) is 5.75 Å². The number of piperidine rings is 1. The number of hydrogen-bond donors (Lipinski definition) is 0. The number of nitrogens with zero attached hydrogens (tertiary/aromatic N) is 5. The van der Waals surface area contributed by atoms with Gasteiger partial charge in [-0.05, 0) is 36.6 Å². The summed E-state index contributed by atoms with van der Waals surface area (Å²) >= 11 is 0. The number of nitriles is 2. The Morgan fingerprint density at radius 3 is 2.52 bits per heavy atom. The Bertz CT molecular complexity index is 888. The summed E-state index contributed by atoms with van der Waals surface area (Å²) in [4.78, 5) is 2.13. The third kappa shape index (κ3) is 4.01. The van der Waals surface area contributed by atoms with Gasteiger partial charge in [-0.2, -0.15) is 15.6 Å². The van der Waals surface area contributed by atoms with Gasteiger partial charge in [0, 0.05) is 25.9 Å². The molecule has 0 saturated carbocycles. The van der Waals surface area contributed by atoms with Crippen LogP contribution >= 0.6 is 0 Å². The molecule has 2 aromatic rings. The van der Waals surface area contributed by atoms with Gasteiger partial charge in [0.2, 0.25) is 0 Å². The van der Waals surface area contributed by atoms with E-state index < -0.39 is 0 Å². The third-order valence-corrected chi connectivity index (χ3v) is 4.95. The monoisotopic (exact) mass is 361 g/mol. The van der Waals surface area contributed by atoms with Gasteiger partial charge in [0.05, 0.1) is 17.3 Å². The summed E-state index contributed by atoms with van der Waals surface area (Å²) in [5.41, 5.74) is 3.18. The fraction of sp³-hybridized carbons (Fsp3) is 0.429. The predicted molar refractivity (Wildman–Crippen MR) is 103 cm³/mol. The van der Waals surface area contributed by atoms with Crippen molar-refractivity contribution in [2.45, 2.75) is 45.6 Å². The summed E-state index contributed by atoms with van der Waals surface area (Å²) in [6, 6.07) is 11.7. The maximum absolute atomic E-state index is 9.68. The van der Waals surface area contributed by atoms with E-state index in [1.807, 2.05) is 19.1 Å². The van der Waals surface area contributed by atoms with Crippen LogP contribution in [0, 0.1) is 22.7 Å². The van der Waals surface area contributed by atoms with Gasteiger partial charge in [-0.25, -0.2) is 0 Å². The zero-order valence-corrected chi connectivity index (χ0v) is 15.8. The highest BCUT2D eigenvalue weighted by Crippen LogP contribution is 2.27. The van der Waals surface area contributed by atoms with Crippen molar-refractivity contribution in [1.29, 1.82) is 10.5 Å². The van der Waals surface area contributed by atoms with E-state index in [0.29, 0.717) is 16.9 Å². The zero-order chi connectivity index (χ0) is 19.2. The van der Waals surface area contributed by atoms with Gasteiger partial charge in [-0.15, -0.1) is 5.10 Å². The Morgan fingerprint density at radius 2 is 1.89 bits per heavy atom. The van der Waals surface area contributed by atoms with Crippen molar-refractivity contribution in [1.82, 2.24) is 10.2 Å². The number of aryl methyl sites for hydroxylation is 1. The number of anilines is 1. The minimum atomic E-state index is 0.0919.